The van der Waals surface area contributed by atoms with E-state index in [4.69, 9.17) is 10.5 Å². The van der Waals surface area contributed by atoms with E-state index in [0.717, 1.165) is 6.42 Å². The molecule has 1 aliphatic rings. The molecule has 3 N–H and O–H groups in total. The highest BCUT2D eigenvalue weighted by Gasteiger charge is 2.40. The molecule has 0 bridgehead atoms. The number of aromatic nitrogens is 4. The summed E-state index contributed by atoms with van der Waals surface area (Å²) in [5.74, 6) is -0.165. The van der Waals surface area contributed by atoms with Crippen LogP contribution in [0.2, 0.25) is 0 Å². The molecule has 1 aromatic rings. The van der Waals surface area contributed by atoms with Crippen LogP contribution in [0.15, 0.2) is 6.33 Å². The Morgan fingerprint density at radius 2 is 2.53 bits per heavy atom. The summed E-state index contributed by atoms with van der Waals surface area (Å²) in [6, 6.07) is -0.150. The average Bonchev–Trinajstić information content (AvgIpc) is 2.79. The van der Waals surface area contributed by atoms with Crippen LogP contribution in [0.25, 0.3) is 0 Å². The molecule has 0 aromatic carbocycles. The molecule has 1 saturated carbocycles. The van der Waals surface area contributed by atoms with Crippen molar-refractivity contribution in [3.8, 4) is 0 Å². The third-order valence-electron chi connectivity index (χ3n) is 2.77. The number of carbonyl (C=O) groups is 1. The van der Waals surface area contributed by atoms with Crippen molar-refractivity contribution in [2.75, 3.05) is 6.61 Å². The Balaban J connectivity index is 1.81. The first-order valence-corrected chi connectivity index (χ1v) is 5.58. The molecule has 3 unspecified atom stereocenters. The van der Waals surface area contributed by atoms with Crippen molar-refractivity contribution in [2.45, 2.75) is 38.1 Å². The van der Waals surface area contributed by atoms with E-state index in [-0.39, 0.29) is 30.6 Å². The van der Waals surface area contributed by atoms with Crippen molar-refractivity contribution in [1.82, 2.24) is 25.5 Å². The quantitative estimate of drug-likeness (QED) is 0.634. The van der Waals surface area contributed by atoms with Crippen molar-refractivity contribution in [2.24, 2.45) is 5.73 Å². The maximum Gasteiger partial charge on any atom is 0.242 e. The molecular formula is C9H16N6O2. The molecule has 0 saturated heterocycles. The van der Waals surface area contributed by atoms with Gasteiger partial charge in [-0.2, -0.15) is 0 Å². The van der Waals surface area contributed by atoms with Gasteiger partial charge in [-0.05, 0) is 23.8 Å². The smallest absolute Gasteiger partial charge is 0.242 e. The van der Waals surface area contributed by atoms with E-state index < -0.39 is 0 Å². The third-order valence-corrected chi connectivity index (χ3v) is 2.77. The zero-order chi connectivity index (χ0) is 12.3. The van der Waals surface area contributed by atoms with Crippen molar-refractivity contribution in [3.63, 3.8) is 0 Å². The summed E-state index contributed by atoms with van der Waals surface area (Å²) in [6.45, 7) is 2.63. The predicted molar refractivity (Wildman–Crippen MR) is 57.8 cm³/mol. The normalized spacial score (nSPS) is 27.5. The van der Waals surface area contributed by atoms with Gasteiger partial charge in [0.05, 0.1) is 12.1 Å². The van der Waals surface area contributed by atoms with Gasteiger partial charge < -0.3 is 15.8 Å². The second kappa shape index (κ2) is 5.19. The molecule has 8 nitrogen and oxygen atoms in total. The molecule has 1 fully saturated rings. The second-order valence-corrected chi connectivity index (χ2v) is 3.99. The van der Waals surface area contributed by atoms with Crippen LogP contribution in [0.4, 0.5) is 0 Å². The summed E-state index contributed by atoms with van der Waals surface area (Å²) in [6.07, 6.45) is 2.19. The summed E-state index contributed by atoms with van der Waals surface area (Å²) in [7, 11) is 0. The first kappa shape index (κ1) is 11.9. The minimum absolute atomic E-state index is 0.0211. The summed E-state index contributed by atoms with van der Waals surface area (Å²) in [5.41, 5.74) is 5.82. The van der Waals surface area contributed by atoms with Crippen molar-refractivity contribution in [1.29, 1.82) is 0 Å². The minimum Gasteiger partial charge on any atom is -0.376 e. The number of nitrogens with zero attached hydrogens (tertiary/aromatic N) is 4. The van der Waals surface area contributed by atoms with Crippen LogP contribution >= 0.6 is 0 Å². The Labute approximate surface area is 98.5 Å². The van der Waals surface area contributed by atoms with Gasteiger partial charge in [-0.15, -0.1) is 5.10 Å². The minimum atomic E-state index is -0.165. The molecule has 1 heterocycles. The maximum atomic E-state index is 11.7. The topological polar surface area (TPSA) is 108 Å². The monoisotopic (exact) mass is 240 g/mol. The lowest BCUT2D eigenvalue weighted by Crippen LogP contribution is -2.65. The standard InChI is InChI=1S/C9H16N6O2/c1-2-17-7-3-6(10)9(7)12-8(16)4-15-5-11-13-14-15/h5-7,9H,2-4,10H2,1H3,(H,12,16). The molecule has 1 aliphatic carbocycles. The SMILES string of the molecule is CCOC1CC(N)C1NC(=O)Cn1cnnn1. The van der Waals surface area contributed by atoms with Crippen molar-refractivity contribution in [3.05, 3.63) is 6.33 Å². The fourth-order valence-electron chi connectivity index (χ4n) is 1.86. The fraction of sp³-hybridized carbons (Fsp3) is 0.778. The van der Waals surface area contributed by atoms with Gasteiger partial charge in [0, 0.05) is 12.6 Å². The number of rotatable bonds is 5. The lowest BCUT2D eigenvalue weighted by Gasteiger charge is -2.42. The Kier molecular flexibility index (Phi) is 3.64. The van der Waals surface area contributed by atoms with Crippen LogP contribution in [0.3, 0.4) is 0 Å². The van der Waals surface area contributed by atoms with Gasteiger partial charge in [0.2, 0.25) is 5.91 Å². The number of hydrogen-bond donors (Lipinski definition) is 2. The van der Waals surface area contributed by atoms with E-state index in [1.165, 1.54) is 11.0 Å². The number of amides is 1. The zero-order valence-electron chi connectivity index (χ0n) is 9.61. The highest BCUT2D eigenvalue weighted by Crippen LogP contribution is 2.22. The van der Waals surface area contributed by atoms with Crippen LogP contribution in [-0.4, -0.2) is 50.9 Å². The van der Waals surface area contributed by atoms with Crippen LogP contribution in [0.5, 0.6) is 0 Å². The van der Waals surface area contributed by atoms with E-state index >= 15 is 0 Å². The number of nitrogens with two attached hydrogens (primary N) is 1. The maximum absolute atomic E-state index is 11.7. The van der Waals surface area contributed by atoms with Gasteiger partial charge in [0.1, 0.15) is 12.9 Å². The Morgan fingerprint density at radius 1 is 1.71 bits per heavy atom. The fourth-order valence-corrected chi connectivity index (χ4v) is 1.86. The van der Waals surface area contributed by atoms with E-state index in [0.29, 0.717) is 6.61 Å². The predicted octanol–water partition coefficient (Wildman–Crippen LogP) is -1.71. The van der Waals surface area contributed by atoms with Gasteiger partial charge in [-0.1, -0.05) is 0 Å². The van der Waals surface area contributed by atoms with E-state index in [2.05, 4.69) is 20.8 Å². The zero-order valence-corrected chi connectivity index (χ0v) is 9.61. The van der Waals surface area contributed by atoms with E-state index in [1.807, 2.05) is 6.92 Å². The first-order chi connectivity index (χ1) is 8.20. The average molecular weight is 240 g/mol. The van der Waals surface area contributed by atoms with Gasteiger partial charge >= 0.3 is 0 Å². The summed E-state index contributed by atoms with van der Waals surface area (Å²) >= 11 is 0. The third kappa shape index (κ3) is 2.77. The van der Waals surface area contributed by atoms with E-state index in [1.54, 1.807) is 0 Å². The van der Waals surface area contributed by atoms with Gasteiger partial charge in [-0.3, -0.25) is 4.79 Å². The van der Waals surface area contributed by atoms with E-state index in [9.17, 15) is 4.79 Å². The van der Waals surface area contributed by atoms with Gasteiger partial charge in [0.15, 0.2) is 0 Å². The lowest BCUT2D eigenvalue weighted by molar-refractivity contribution is -0.126. The molecule has 0 spiro atoms. The number of nitrogens with one attached hydrogen (secondary N) is 1. The largest absolute Gasteiger partial charge is 0.376 e. The second-order valence-electron chi connectivity index (χ2n) is 3.99. The molecule has 2 rings (SSSR count). The highest BCUT2D eigenvalue weighted by atomic mass is 16.5. The summed E-state index contributed by atoms with van der Waals surface area (Å²) in [4.78, 5) is 11.7. The van der Waals surface area contributed by atoms with Crippen LogP contribution in [0, 0.1) is 0 Å². The highest BCUT2D eigenvalue weighted by molar-refractivity contribution is 5.76. The number of hydrogen-bond acceptors (Lipinski definition) is 6. The Bertz CT molecular complexity index is 366. The summed E-state index contributed by atoms with van der Waals surface area (Å²) in [5, 5.41) is 13.3. The first-order valence-electron chi connectivity index (χ1n) is 5.58. The molecule has 0 radical (unpaired) electrons. The molecule has 0 aliphatic heterocycles. The molecule has 17 heavy (non-hydrogen) atoms. The molecule has 1 aromatic heterocycles. The Morgan fingerprint density at radius 3 is 3.12 bits per heavy atom. The van der Waals surface area contributed by atoms with Gasteiger partial charge in [0.25, 0.3) is 0 Å². The molecule has 8 heteroatoms. The van der Waals surface area contributed by atoms with Gasteiger partial charge in [-0.25, -0.2) is 4.68 Å². The molecule has 1 amide bonds. The summed E-state index contributed by atoms with van der Waals surface area (Å²) < 4.78 is 6.81. The van der Waals surface area contributed by atoms with Crippen LogP contribution in [-0.2, 0) is 16.1 Å². The number of carbonyl (C=O) groups excluding carboxylic acids is 1. The van der Waals surface area contributed by atoms with Crippen LogP contribution in [0.1, 0.15) is 13.3 Å². The number of ether oxygens (including phenoxy) is 1. The lowest BCUT2D eigenvalue weighted by atomic mass is 9.83. The molecule has 3 atom stereocenters. The van der Waals surface area contributed by atoms with Crippen molar-refractivity contribution >= 4 is 5.91 Å². The van der Waals surface area contributed by atoms with Crippen LogP contribution < -0.4 is 11.1 Å². The van der Waals surface area contributed by atoms with Crippen molar-refractivity contribution < 1.29 is 9.53 Å². The molecular weight excluding hydrogens is 224 g/mol. The molecule has 94 valence electrons. The number of tetrazole rings is 1. The Hall–Kier alpha value is -1.54.